The second-order valence-corrected chi connectivity index (χ2v) is 7.79. The van der Waals surface area contributed by atoms with Gasteiger partial charge in [-0.25, -0.2) is 14.1 Å². The number of thioether (sulfide) groups is 1. The lowest BCUT2D eigenvalue weighted by Gasteiger charge is -2.09. The van der Waals surface area contributed by atoms with E-state index in [1.165, 1.54) is 33.8 Å². The van der Waals surface area contributed by atoms with E-state index in [1.807, 2.05) is 29.6 Å². The predicted octanol–water partition coefficient (Wildman–Crippen LogP) is 3.87. The molecule has 0 bridgehead atoms. The average molecular weight is 427 g/mol. The number of hydrogen-bond acceptors (Lipinski definition) is 7. The molecule has 0 spiro atoms. The Morgan fingerprint density at radius 1 is 1.17 bits per heavy atom. The van der Waals surface area contributed by atoms with E-state index in [-0.39, 0.29) is 17.5 Å². The lowest BCUT2D eigenvalue weighted by atomic mass is 10.1. The van der Waals surface area contributed by atoms with Gasteiger partial charge in [0.2, 0.25) is 11.1 Å². The lowest BCUT2D eigenvalue weighted by Crippen LogP contribution is -2.15. The van der Waals surface area contributed by atoms with Gasteiger partial charge < -0.3 is 5.32 Å². The summed E-state index contributed by atoms with van der Waals surface area (Å²) in [7, 11) is 1.71. The summed E-state index contributed by atoms with van der Waals surface area (Å²) in [5.74, 6) is -0.333. The molecule has 10 heteroatoms. The molecule has 0 aliphatic rings. The number of tetrazole rings is 1. The Hall–Kier alpha value is -3.11. The Morgan fingerprint density at radius 2 is 1.93 bits per heavy atom. The van der Waals surface area contributed by atoms with Crippen LogP contribution in [0.5, 0.6) is 0 Å². The van der Waals surface area contributed by atoms with Crippen LogP contribution in [0.4, 0.5) is 10.1 Å². The third kappa shape index (κ3) is 4.33. The van der Waals surface area contributed by atoms with E-state index in [4.69, 9.17) is 0 Å². The number of thiazole rings is 1. The second-order valence-electron chi connectivity index (χ2n) is 5.99. The fourth-order valence-electron chi connectivity index (χ4n) is 2.63. The Balaban J connectivity index is 1.52. The van der Waals surface area contributed by atoms with Gasteiger partial charge in [-0.05, 0) is 28.6 Å². The van der Waals surface area contributed by atoms with Gasteiger partial charge in [0, 0.05) is 23.6 Å². The molecule has 0 radical (unpaired) electrons. The van der Waals surface area contributed by atoms with E-state index in [2.05, 4.69) is 25.8 Å². The smallest absolute Gasteiger partial charge is 0.234 e. The molecule has 0 aliphatic heterocycles. The summed E-state index contributed by atoms with van der Waals surface area (Å²) in [5, 5.41) is 17.0. The van der Waals surface area contributed by atoms with E-state index in [0.717, 1.165) is 5.56 Å². The zero-order valence-corrected chi connectivity index (χ0v) is 16.9. The molecule has 0 saturated heterocycles. The third-order valence-electron chi connectivity index (χ3n) is 4.00. The molecule has 1 amide bonds. The van der Waals surface area contributed by atoms with Gasteiger partial charge in [0.1, 0.15) is 10.8 Å². The van der Waals surface area contributed by atoms with Gasteiger partial charge in [-0.3, -0.25) is 4.79 Å². The molecule has 7 nitrogen and oxygen atoms in total. The number of hydrogen-bond donors (Lipinski definition) is 1. The van der Waals surface area contributed by atoms with Crippen molar-refractivity contribution in [2.75, 3.05) is 11.1 Å². The zero-order chi connectivity index (χ0) is 20.2. The summed E-state index contributed by atoms with van der Waals surface area (Å²) in [5.41, 5.74) is 2.54. The minimum atomic E-state index is -0.315. The highest BCUT2D eigenvalue weighted by Crippen LogP contribution is 2.33. The average Bonchev–Trinajstić information content (AvgIpc) is 3.36. The molecule has 4 aromatic rings. The SMILES string of the molecule is Cn1nnnc1SCC(=O)Nc1ccccc1-c1csc(-c2ccccc2F)n1. The predicted molar refractivity (Wildman–Crippen MR) is 111 cm³/mol. The normalized spacial score (nSPS) is 10.8. The number of amides is 1. The van der Waals surface area contributed by atoms with E-state index >= 15 is 0 Å². The third-order valence-corrected chi connectivity index (χ3v) is 5.89. The van der Waals surface area contributed by atoms with Crippen molar-refractivity contribution in [2.24, 2.45) is 7.05 Å². The van der Waals surface area contributed by atoms with Crippen LogP contribution in [0.3, 0.4) is 0 Å². The van der Waals surface area contributed by atoms with Gasteiger partial charge in [-0.15, -0.1) is 16.4 Å². The highest BCUT2D eigenvalue weighted by atomic mass is 32.2. The van der Waals surface area contributed by atoms with Crippen LogP contribution in [-0.2, 0) is 11.8 Å². The number of halogens is 1. The van der Waals surface area contributed by atoms with E-state index < -0.39 is 0 Å². The first-order chi connectivity index (χ1) is 14.1. The molecular formula is C19H15FN6OS2. The largest absolute Gasteiger partial charge is 0.325 e. The number of benzene rings is 2. The van der Waals surface area contributed by atoms with Gasteiger partial charge in [0.25, 0.3) is 0 Å². The second kappa shape index (κ2) is 8.50. The quantitative estimate of drug-likeness (QED) is 0.471. The van der Waals surface area contributed by atoms with Crippen molar-refractivity contribution in [3.8, 4) is 21.8 Å². The highest BCUT2D eigenvalue weighted by Gasteiger charge is 2.14. The Bertz CT molecular complexity index is 1160. The van der Waals surface area contributed by atoms with Crippen molar-refractivity contribution in [1.29, 1.82) is 0 Å². The van der Waals surface area contributed by atoms with Crippen LogP contribution in [0.2, 0.25) is 0 Å². The first-order valence-electron chi connectivity index (χ1n) is 8.56. The minimum Gasteiger partial charge on any atom is -0.325 e. The number of nitrogens with zero attached hydrogens (tertiary/aromatic N) is 5. The Morgan fingerprint density at radius 3 is 2.69 bits per heavy atom. The van der Waals surface area contributed by atoms with Gasteiger partial charge >= 0.3 is 0 Å². The molecule has 0 fully saturated rings. The summed E-state index contributed by atoms with van der Waals surface area (Å²) < 4.78 is 15.6. The van der Waals surface area contributed by atoms with Crippen molar-refractivity contribution in [3.05, 3.63) is 59.7 Å². The minimum absolute atomic E-state index is 0.167. The van der Waals surface area contributed by atoms with Crippen LogP contribution in [0.25, 0.3) is 21.8 Å². The van der Waals surface area contributed by atoms with Crippen molar-refractivity contribution < 1.29 is 9.18 Å². The molecule has 29 heavy (non-hydrogen) atoms. The fraction of sp³-hybridized carbons (Fsp3) is 0.105. The summed E-state index contributed by atoms with van der Waals surface area (Å²) >= 11 is 2.60. The summed E-state index contributed by atoms with van der Waals surface area (Å²) in [6.07, 6.45) is 0. The molecule has 0 saturated carbocycles. The summed E-state index contributed by atoms with van der Waals surface area (Å²) in [6.45, 7) is 0. The van der Waals surface area contributed by atoms with Crippen LogP contribution >= 0.6 is 23.1 Å². The molecule has 1 N–H and O–H groups in total. The standard InChI is InChI=1S/C19H15FN6OS2/c1-26-19(23-24-25-26)29-11-17(27)21-15-9-5-3-7-13(15)16-10-28-18(22-16)12-6-2-4-8-14(12)20/h2-10H,11H2,1H3,(H,21,27). The Labute approximate surface area is 174 Å². The number of rotatable bonds is 6. The Kier molecular flexibility index (Phi) is 5.63. The zero-order valence-electron chi connectivity index (χ0n) is 15.2. The molecule has 146 valence electrons. The number of aryl methyl sites for hydroxylation is 1. The van der Waals surface area contributed by atoms with Crippen LogP contribution in [0, 0.1) is 5.82 Å². The topological polar surface area (TPSA) is 85.6 Å². The highest BCUT2D eigenvalue weighted by molar-refractivity contribution is 7.99. The van der Waals surface area contributed by atoms with Crippen molar-refractivity contribution >= 4 is 34.7 Å². The van der Waals surface area contributed by atoms with Gasteiger partial charge in [-0.2, -0.15) is 0 Å². The molecule has 2 aromatic carbocycles. The maximum Gasteiger partial charge on any atom is 0.234 e. The maximum absolute atomic E-state index is 14.1. The first kappa shape index (κ1) is 19.2. The molecule has 2 aromatic heterocycles. The molecule has 4 rings (SSSR count). The van der Waals surface area contributed by atoms with Gasteiger partial charge in [0.15, 0.2) is 0 Å². The number of aromatic nitrogens is 5. The molecular weight excluding hydrogens is 411 g/mol. The van der Waals surface area contributed by atoms with Crippen LogP contribution < -0.4 is 5.32 Å². The number of carbonyl (C=O) groups excluding carboxylic acids is 1. The maximum atomic E-state index is 14.1. The summed E-state index contributed by atoms with van der Waals surface area (Å²) in [6, 6.07) is 13.9. The van der Waals surface area contributed by atoms with E-state index in [0.29, 0.717) is 27.1 Å². The number of carbonyl (C=O) groups is 1. The monoisotopic (exact) mass is 426 g/mol. The van der Waals surface area contributed by atoms with Crippen LogP contribution in [-0.4, -0.2) is 36.9 Å². The molecule has 0 unspecified atom stereocenters. The van der Waals surface area contributed by atoms with Gasteiger partial charge in [-0.1, -0.05) is 42.1 Å². The van der Waals surface area contributed by atoms with Crippen LogP contribution in [0.15, 0.2) is 59.1 Å². The van der Waals surface area contributed by atoms with Crippen LogP contribution in [0.1, 0.15) is 0 Å². The van der Waals surface area contributed by atoms with Crippen molar-refractivity contribution in [2.45, 2.75) is 5.16 Å². The van der Waals surface area contributed by atoms with Crippen molar-refractivity contribution in [3.63, 3.8) is 0 Å². The van der Waals surface area contributed by atoms with Gasteiger partial charge in [0.05, 0.1) is 17.1 Å². The first-order valence-corrected chi connectivity index (χ1v) is 10.4. The fourth-order valence-corrected chi connectivity index (χ4v) is 4.13. The van der Waals surface area contributed by atoms with E-state index in [9.17, 15) is 9.18 Å². The summed E-state index contributed by atoms with van der Waals surface area (Å²) in [4.78, 5) is 17.0. The number of nitrogens with one attached hydrogen (secondary N) is 1. The lowest BCUT2D eigenvalue weighted by molar-refractivity contribution is -0.113. The molecule has 0 atom stereocenters. The molecule has 0 aliphatic carbocycles. The van der Waals surface area contributed by atoms with E-state index in [1.54, 1.807) is 25.2 Å². The number of para-hydroxylation sites is 1. The molecule has 2 heterocycles. The van der Waals surface area contributed by atoms with Crippen molar-refractivity contribution in [1.82, 2.24) is 25.2 Å². The number of anilines is 1.